The number of carbonyl (C=O) groups excluding carboxylic acids is 1. The Labute approximate surface area is 215 Å². The van der Waals surface area contributed by atoms with Crippen LogP contribution in [-0.4, -0.2) is 56.3 Å². The van der Waals surface area contributed by atoms with Crippen molar-refractivity contribution in [3.05, 3.63) is 70.4 Å². The number of nitrogens with zero attached hydrogens (tertiary/aromatic N) is 5. The number of amides is 1. The summed E-state index contributed by atoms with van der Waals surface area (Å²) in [7, 11) is 0. The SMILES string of the molecule is O=C(c1cc2c(s1)CN(c1nccc(Nc3ccc(-c4cnc[nH]4)cc3)n1)CC2)N1CC2C(C1)C2(F)F. The van der Waals surface area contributed by atoms with E-state index in [1.807, 2.05) is 36.4 Å². The molecule has 1 aromatic carbocycles. The molecule has 11 heteroatoms. The van der Waals surface area contributed by atoms with Gasteiger partial charge in [-0.25, -0.2) is 18.7 Å². The van der Waals surface area contributed by atoms with E-state index in [2.05, 4.69) is 25.2 Å². The number of H-pyrrole nitrogens is 1. The van der Waals surface area contributed by atoms with Gasteiger partial charge in [0.1, 0.15) is 5.82 Å². The summed E-state index contributed by atoms with van der Waals surface area (Å²) in [6.45, 7) is 1.66. The van der Waals surface area contributed by atoms with Crippen LogP contribution in [0, 0.1) is 11.8 Å². The van der Waals surface area contributed by atoms with Gasteiger partial charge in [-0.15, -0.1) is 11.3 Å². The van der Waals surface area contributed by atoms with Gasteiger partial charge in [0.15, 0.2) is 0 Å². The number of thiophene rings is 1. The van der Waals surface area contributed by atoms with Gasteiger partial charge in [0.25, 0.3) is 11.8 Å². The summed E-state index contributed by atoms with van der Waals surface area (Å²) in [5, 5.41) is 3.33. The van der Waals surface area contributed by atoms with Crippen LogP contribution in [0.15, 0.2) is 55.1 Å². The number of rotatable bonds is 5. The van der Waals surface area contributed by atoms with Crippen molar-refractivity contribution in [2.24, 2.45) is 11.8 Å². The molecular weight excluding hydrogens is 496 g/mol. The van der Waals surface area contributed by atoms with Crippen molar-refractivity contribution in [3.63, 3.8) is 0 Å². The summed E-state index contributed by atoms with van der Waals surface area (Å²) in [4.78, 5) is 34.7. The van der Waals surface area contributed by atoms with Crippen LogP contribution >= 0.6 is 11.3 Å². The molecule has 8 nitrogen and oxygen atoms in total. The maximum atomic E-state index is 13.5. The first kappa shape index (κ1) is 22.3. The minimum absolute atomic E-state index is 0.130. The minimum Gasteiger partial charge on any atom is -0.345 e. The maximum absolute atomic E-state index is 13.5. The average Bonchev–Trinajstić information content (AvgIpc) is 3.52. The Balaban J connectivity index is 1.02. The number of likely N-dealkylation sites (tertiary alicyclic amines) is 1. The highest BCUT2D eigenvalue weighted by atomic mass is 32.1. The number of benzene rings is 1. The zero-order valence-corrected chi connectivity index (χ0v) is 20.5. The molecule has 2 N–H and O–H groups in total. The van der Waals surface area contributed by atoms with Crippen LogP contribution in [0.2, 0.25) is 0 Å². The lowest BCUT2D eigenvalue weighted by Gasteiger charge is -2.27. The van der Waals surface area contributed by atoms with E-state index in [9.17, 15) is 13.6 Å². The van der Waals surface area contributed by atoms with Gasteiger partial charge < -0.3 is 20.1 Å². The van der Waals surface area contributed by atoms with Crippen molar-refractivity contribution in [1.29, 1.82) is 0 Å². The summed E-state index contributed by atoms with van der Waals surface area (Å²) in [6.07, 6.45) is 5.95. The summed E-state index contributed by atoms with van der Waals surface area (Å²) in [6, 6.07) is 11.8. The van der Waals surface area contributed by atoms with Crippen molar-refractivity contribution in [3.8, 4) is 11.3 Å². The van der Waals surface area contributed by atoms with E-state index in [4.69, 9.17) is 4.98 Å². The maximum Gasteiger partial charge on any atom is 0.263 e. The van der Waals surface area contributed by atoms with Gasteiger partial charge in [0, 0.05) is 36.4 Å². The number of hydrogen-bond acceptors (Lipinski definition) is 7. The molecule has 7 rings (SSSR count). The van der Waals surface area contributed by atoms with Crippen LogP contribution in [0.5, 0.6) is 0 Å². The number of aromatic nitrogens is 4. The molecule has 0 bridgehead atoms. The fourth-order valence-electron chi connectivity index (χ4n) is 5.29. The fourth-order valence-corrected chi connectivity index (χ4v) is 6.49. The van der Waals surface area contributed by atoms with Crippen LogP contribution in [-0.2, 0) is 13.0 Å². The quantitative estimate of drug-likeness (QED) is 0.402. The molecular formula is C26H23F2N7OS. The van der Waals surface area contributed by atoms with Gasteiger partial charge in [0.05, 0.1) is 41.5 Å². The number of piperidine rings is 1. The lowest BCUT2D eigenvalue weighted by molar-refractivity contribution is 0.0461. The normalized spacial score (nSPS) is 21.5. The number of imidazole rings is 1. The first-order valence-electron chi connectivity index (χ1n) is 12.2. The van der Waals surface area contributed by atoms with Crippen LogP contribution in [0.1, 0.15) is 20.1 Å². The largest absolute Gasteiger partial charge is 0.345 e. The molecule has 37 heavy (non-hydrogen) atoms. The predicted octanol–water partition coefficient (Wildman–Crippen LogP) is 4.57. The van der Waals surface area contributed by atoms with Gasteiger partial charge >= 0.3 is 0 Å². The molecule has 4 aromatic rings. The van der Waals surface area contributed by atoms with Crippen LogP contribution in [0.25, 0.3) is 11.3 Å². The third-order valence-corrected chi connectivity index (χ3v) is 8.62. The standard InChI is InChI=1S/C26H23F2N7OS/c27-26(28)18-11-35(12-19(18)26)24(36)21-9-16-6-8-34(13-22(16)37-21)25-30-7-5-23(33-25)32-17-3-1-15(2-4-17)20-10-29-14-31-20/h1-5,7,9-10,14,18-19H,6,8,11-13H2,(H,29,31)(H,30,32,33). The number of carbonyl (C=O) groups is 1. The Hall–Kier alpha value is -3.86. The van der Waals surface area contributed by atoms with E-state index in [1.165, 1.54) is 11.3 Å². The van der Waals surface area contributed by atoms with Crippen molar-refractivity contribution in [1.82, 2.24) is 24.8 Å². The second kappa shape index (κ2) is 8.34. The van der Waals surface area contributed by atoms with Gasteiger partial charge in [0.2, 0.25) is 5.95 Å². The smallest absolute Gasteiger partial charge is 0.263 e. The second-order valence-electron chi connectivity index (χ2n) is 9.74. The van der Waals surface area contributed by atoms with Gasteiger partial charge in [-0.2, -0.15) is 4.98 Å². The topological polar surface area (TPSA) is 90.0 Å². The first-order valence-corrected chi connectivity index (χ1v) is 13.0. The number of fused-ring (bicyclic) bond motifs is 2. The Bertz CT molecular complexity index is 1460. The molecule has 1 saturated heterocycles. The number of anilines is 3. The van der Waals surface area contributed by atoms with E-state index in [-0.39, 0.29) is 19.0 Å². The molecule has 2 atom stereocenters. The zero-order chi connectivity index (χ0) is 25.1. The van der Waals surface area contributed by atoms with Gasteiger partial charge in [-0.1, -0.05) is 12.1 Å². The fraction of sp³-hybridized carbons (Fsp3) is 0.308. The van der Waals surface area contributed by atoms with Gasteiger partial charge in [-0.3, -0.25) is 4.79 Å². The molecule has 1 saturated carbocycles. The highest BCUT2D eigenvalue weighted by Gasteiger charge is 2.72. The molecule has 2 aliphatic heterocycles. The lowest BCUT2D eigenvalue weighted by atomic mass is 10.1. The molecule has 1 amide bonds. The summed E-state index contributed by atoms with van der Waals surface area (Å²) >= 11 is 1.45. The number of alkyl halides is 2. The summed E-state index contributed by atoms with van der Waals surface area (Å²) < 4.78 is 27.1. The zero-order valence-electron chi connectivity index (χ0n) is 19.7. The van der Waals surface area contributed by atoms with Gasteiger partial charge in [-0.05, 0) is 41.8 Å². The summed E-state index contributed by atoms with van der Waals surface area (Å²) in [5.74, 6) is -2.72. The molecule has 2 unspecified atom stereocenters. The van der Waals surface area contributed by atoms with E-state index >= 15 is 0 Å². The summed E-state index contributed by atoms with van der Waals surface area (Å²) in [5.41, 5.74) is 4.06. The van der Waals surface area contributed by atoms with Crippen LogP contribution in [0.3, 0.4) is 0 Å². The molecule has 3 aliphatic rings. The van der Waals surface area contributed by atoms with E-state index in [1.54, 1.807) is 23.6 Å². The van der Waals surface area contributed by atoms with Crippen molar-refractivity contribution < 1.29 is 13.6 Å². The van der Waals surface area contributed by atoms with E-state index in [0.29, 0.717) is 23.2 Å². The Morgan fingerprint density at radius 1 is 1.16 bits per heavy atom. The number of hydrogen-bond donors (Lipinski definition) is 2. The van der Waals surface area contributed by atoms with Crippen LogP contribution in [0.4, 0.5) is 26.2 Å². The van der Waals surface area contributed by atoms with Crippen molar-refractivity contribution in [2.75, 3.05) is 29.9 Å². The van der Waals surface area contributed by atoms with Crippen LogP contribution < -0.4 is 10.2 Å². The van der Waals surface area contributed by atoms with E-state index in [0.717, 1.165) is 40.4 Å². The molecule has 0 radical (unpaired) electrons. The first-order chi connectivity index (χ1) is 18.0. The third-order valence-electron chi connectivity index (χ3n) is 7.47. The third kappa shape index (κ3) is 3.93. The molecule has 188 valence electrons. The second-order valence-corrected chi connectivity index (χ2v) is 10.9. The molecule has 0 spiro atoms. The Morgan fingerprint density at radius 2 is 1.97 bits per heavy atom. The predicted molar refractivity (Wildman–Crippen MR) is 136 cm³/mol. The number of halogens is 2. The average molecular weight is 520 g/mol. The van der Waals surface area contributed by atoms with Crippen molar-refractivity contribution in [2.45, 2.75) is 18.9 Å². The Kier molecular flexibility index (Phi) is 5.04. The number of aromatic amines is 1. The highest BCUT2D eigenvalue weighted by molar-refractivity contribution is 7.14. The van der Waals surface area contributed by atoms with E-state index < -0.39 is 17.8 Å². The lowest BCUT2D eigenvalue weighted by Crippen LogP contribution is -2.33. The minimum atomic E-state index is -2.58. The Morgan fingerprint density at radius 3 is 2.73 bits per heavy atom. The molecule has 5 heterocycles. The van der Waals surface area contributed by atoms with Crippen molar-refractivity contribution >= 4 is 34.7 Å². The molecule has 3 aromatic heterocycles. The molecule has 1 aliphatic carbocycles. The number of nitrogens with one attached hydrogen (secondary N) is 2. The highest BCUT2D eigenvalue weighted by Crippen LogP contribution is 2.59. The molecule has 2 fully saturated rings. The monoisotopic (exact) mass is 519 g/mol.